The van der Waals surface area contributed by atoms with Crippen molar-refractivity contribution in [3.63, 3.8) is 0 Å². The van der Waals surface area contributed by atoms with Crippen molar-refractivity contribution in [2.75, 3.05) is 39.8 Å². The number of β-amino-alcohol motifs (C(OH)–C–C–N with tert-alkyl or cyclic N) is 1. The van der Waals surface area contributed by atoms with Crippen molar-refractivity contribution in [2.45, 2.75) is 31.3 Å². The molecule has 2 aliphatic heterocycles. The van der Waals surface area contributed by atoms with Crippen LogP contribution in [0.1, 0.15) is 36.3 Å². The van der Waals surface area contributed by atoms with Crippen molar-refractivity contribution >= 4 is 22.8 Å². The van der Waals surface area contributed by atoms with E-state index in [1.165, 1.54) is 16.3 Å². The number of nitrogens with zero attached hydrogens (tertiary/aromatic N) is 2. The average Bonchev–Trinajstić information content (AvgIpc) is 3.20. The second-order valence-electron chi connectivity index (χ2n) is 9.83. The lowest BCUT2D eigenvalue weighted by molar-refractivity contribution is -0.123. The van der Waals surface area contributed by atoms with E-state index in [2.05, 4.69) is 47.4 Å². The van der Waals surface area contributed by atoms with Crippen molar-refractivity contribution in [1.29, 1.82) is 0 Å². The third-order valence-corrected chi connectivity index (χ3v) is 7.32. The minimum atomic E-state index is -0.563. The number of benzene rings is 3. The van der Waals surface area contributed by atoms with E-state index in [-0.39, 0.29) is 12.5 Å². The highest BCUT2D eigenvalue weighted by molar-refractivity contribution is 6.00. The predicted molar refractivity (Wildman–Crippen MR) is 141 cm³/mol. The van der Waals surface area contributed by atoms with Crippen molar-refractivity contribution in [2.24, 2.45) is 0 Å². The van der Waals surface area contributed by atoms with E-state index < -0.39 is 6.10 Å². The quantitative estimate of drug-likeness (QED) is 0.509. The van der Waals surface area contributed by atoms with Gasteiger partial charge in [0, 0.05) is 31.3 Å². The predicted octanol–water partition coefficient (Wildman–Crippen LogP) is 4.70. The topological polar surface area (TPSA) is 53.0 Å². The lowest BCUT2D eigenvalue weighted by Gasteiger charge is -2.33. The Balaban J connectivity index is 1.13. The fourth-order valence-electron chi connectivity index (χ4n) is 5.24. The van der Waals surface area contributed by atoms with Gasteiger partial charge in [0.25, 0.3) is 0 Å². The number of rotatable bonds is 7. The van der Waals surface area contributed by atoms with Gasteiger partial charge in [-0.1, -0.05) is 60.7 Å². The van der Waals surface area contributed by atoms with E-state index in [1.54, 1.807) is 4.90 Å². The zero-order valence-corrected chi connectivity index (χ0v) is 20.4. The summed E-state index contributed by atoms with van der Waals surface area (Å²) in [6.07, 6.45) is 4.31. The first-order valence-corrected chi connectivity index (χ1v) is 12.6. The average molecular weight is 471 g/mol. The second kappa shape index (κ2) is 10.6. The molecule has 182 valence electrons. The van der Waals surface area contributed by atoms with Gasteiger partial charge in [0.05, 0.1) is 0 Å². The fourth-order valence-corrected chi connectivity index (χ4v) is 5.24. The first kappa shape index (κ1) is 23.6. The lowest BCUT2D eigenvalue weighted by atomic mass is 9.88. The van der Waals surface area contributed by atoms with Gasteiger partial charge < -0.3 is 19.6 Å². The highest BCUT2D eigenvalue weighted by atomic mass is 16.5. The van der Waals surface area contributed by atoms with Crippen LogP contribution in [0.3, 0.4) is 0 Å². The number of likely N-dealkylation sites (N-methyl/N-ethyl adjacent to an activating group) is 1. The third-order valence-electron chi connectivity index (χ3n) is 7.32. The second-order valence-corrected chi connectivity index (χ2v) is 9.83. The summed E-state index contributed by atoms with van der Waals surface area (Å²) in [4.78, 5) is 16.3. The maximum absolute atomic E-state index is 12.3. The van der Waals surface area contributed by atoms with E-state index in [1.807, 2.05) is 37.4 Å². The number of para-hydroxylation sites is 1. The monoisotopic (exact) mass is 470 g/mol. The van der Waals surface area contributed by atoms with Crippen LogP contribution in [0.4, 0.5) is 0 Å². The molecule has 35 heavy (non-hydrogen) atoms. The number of ether oxygens (including phenoxy) is 1. The van der Waals surface area contributed by atoms with Crippen LogP contribution in [0.25, 0.3) is 16.8 Å². The van der Waals surface area contributed by atoms with Gasteiger partial charge in [-0.3, -0.25) is 4.79 Å². The first-order chi connectivity index (χ1) is 17.1. The van der Waals surface area contributed by atoms with E-state index in [0.29, 0.717) is 18.2 Å². The zero-order chi connectivity index (χ0) is 24.2. The molecule has 2 heterocycles. The van der Waals surface area contributed by atoms with Gasteiger partial charge in [0.15, 0.2) is 0 Å². The summed E-state index contributed by atoms with van der Waals surface area (Å²) in [7, 11) is 1.83. The Kier molecular flexibility index (Phi) is 7.16. The number of hydrogen-bond acceptors (Lipinski definition) is 4. The molecule has 2 aliphatic rings. The highest BCUT2D eigenvalue weighted by Crippen LogP contribution is 2.30. The normalized spacial score (nSPS) is 19.5. The molecule has 2 fully saturated rings. The highest BCUT2D eigenvalue weighted by Gasteiger charge is 2.24. The molecule has 0 bridgehead atoms. The summed E-state index contributed by atoms with van der Waals surface area (Å²) in [5, 5.41) is 13.3. The van der Waals surface area contributed by atoms with Gasteiger partial charge in [-0.25, -0.2) is 0 Å². The molecule has 5 rings (SSSR count). The van der Waals surface area contributed by atoms with Crippen LogP contribution in [0.5, 0.6) is 5.75 Å². The van der Waals surface area contributed by atoms with Gasteiger partial charge in [0.1, 0.15) is 18.5 Å². The molecule has 3 aromatic rings. The standard InChI is InChI=1S/C30H34N2O3/c1-31-15-12-27(30(31)34)19-26-8-4-5-9-29(26)35-21-28(33)20-32-16-13-23(14-17-32)25-11-10-22-6-2-3-7-24(22)18-25/h2-11,18-19,23,28,33H,12-17,20-21H2,1H3/t28-/m0/s1. The lowest BCUT2D eigenvalue weighted by Crippen LogP contribution is -2.40. The molecule has 1 N–H and O–H groups in total. The van der Waals surface area contributed by atoms with Crippen molar-refractivity contribution in [3.8, 4) is 5.75 Å². The molecule has 0 saturated carbocycles. The van der Waals surface area contributed by atoms with Gasteiger partial charge in [0.2, 0.25) is 5.91 Å². The SMILES string of the molecule is CN1CCC(=Cc2ccccc2OC[C@@H](O)CN2CCC(c3ccc4ccccc4c3)CC2)C1=O. The van der Waals surface area contributed by atoms with Gasteiger partial charge in [-0.05, 0) is 66.7 Å². The minimum Gasteiger partial charge on any atom is -0.490 e. The van der Waals surface area contributed by atoms with E-state index in [4.69, 9.17) is 4.74 Å². The minimum absolute atomic E-state index is 0.0759. The summed E-state index contributed by atoms with van der Waals surface area (Å²) in [5.41, 5.74) is 3.11. The maximum Gasteiger partial charge on any atom is 0.249 e. The van der Waals surface area contributed by atoms with E-state index >= 15 is 0 Å². The number of carbonyl (C=O) groups excluding carboxylic acids is 1. The maximum atomic E-state index is 12.3. The number of aliphatic hydroxyl groups is 1. The Labute approximate surface area is 207 Å². The first-order valence-electron chi connectivity index (χ1n) is 12.6. The largest absolute Gasteiger partial charge is 0.490 e. The molecule has 2 saturated heterocycles. The zero-order valence-electron chi connectivity index (χ0n) is 20.4. The van der Waals surface area contributed by atoms with Crippen LogP contribution >= 0.6 is 0 Å². The molecular formula is C30H34N2O3. The van der Waals surface area contributed by atoms with E-state index in [9.17, 15) is 9.90 Å². The molecule has 0 radical (unpaired) electrons. The van der Waals surface area contributed by atoms with E-state index in [0.717, 1.165) is 50.0 Å². The fraction of sp³-hybridized carbons (Fsp3) is 0.367. The molecule has 0 spiro atoms. The van der Waals surface area contributed by atoms with Gasteiger partial charge in [-0.2, -0.15) is 0 Å². The Morgan fingerprint density at radius 2 is 1.74 bits per heavy atom. The van der Waals surface area contributed by atoms with Crippen molar-refractivity contribution in [3.05, 3.63) is 83.4 Å². The summed E-state index contributed by atoms with van der Waals surface area (Å²) in [6, 6.07) is 23.1. The van der Waals surface area contributed by atoms with Crippen LogP contribution in [-0.4, -0.2) is 66.8 Å². The molecule has 0 aliphatic carbocycles. The Bertz CT molecular complexity index is 1210. The summed E-state index contributed by atoms with van der Waals surface area (Å²) >= 11 is 0. The molecule has 1 atom stereocenters. The third kappa shape index (κ3) is 5.58. The Morgan fingerprint density at radius 1 is 1.00 bits per heavy atom. The molecule has 1 amide bonds. The Hall–Kier alpha value is -3.15. The van der Waals surface area contributed by atoms with Crippen LogP contribution in [0.2, 0.25) is 0 Å². The molecule has 0 aromatic heterocycles. The van der Waals surface area contributed by atoms with Crippen molar-refractivity contribution in [1.82, 2.24) is 9.80 Å². The Morgan fingerprint density at radius 3 is 2.51 bits per heavy atom. The summed E-state index contributed by atoms with van der Waals surface area (Å²) in [5.74, 6) is 1.35. The molecule has 5 heteroatoms. The number of aliphatic hydroxyl groups excluding tert-OH is 1. The number of amides is 1. The van der Waals surface area contributed by atoms with Crippen LogP contribution in [-0.2, 0) is 4.79 Å². The molecular weight excluding hydrogens is 436 g/mol. The number of hydrogen-bond donors (Lipinski definition) is 1. The smallest absolute Gasteiger partial charge is 0.249 e. The molecule has 3 aromatic carbocycles. The van der Waals surface area contributed by atoms with Gasteiger partial charge >= 0.3 is 0 Å². The number of piperidine rings is 1. The molecule has 0 unspecified atom stereocenters. The van der Waals surface area contributed by atoms with Crippen molar-refractivity contribution < 1.29 is 14.6 Å². The summed E-state index contributed by atoms with van der Waals surface area (Å²) < 4.78 is 6.00. The number of fused-ring (bicyclic) bond motifs is 1. The molecule has 5 nitrogen and oxygen atoms in total. The van der Waals surface area contributed by atoms with Gasteiger partial charge in [-0.15, -0.1) is 0 Å². The van der Waals surface area contributed by atoms with Crippen LogP contribution in [0.15, 0.2) is 72.3 Å². The van der Waals surface area contributed by atoms with Crippen LogP contribution < -0.4 is 4.74 Å². The number of carbonyl (C=O) groups is 1. The van der Waals surface area contributed by atoms with Crippen LogP contribution in [0, 0.1) is 0 Å². The summed E-state index contributed by atoms with van der Waals surface area (Å²) in [6.45, 7) is 3.55. The number of likely N-dealkylation sites (tertiary alicyclic amines) is 2.